The first-order chi connectivity index (χ1) is 12.7. The van der Waals surface area contributed by atoms with Crippen molar-refractivity contribution in [3.8, 4) is 11.5 Å². The molecule has 3 rings (SSSR count). The van der Waals surface area contributed by atoms with Crippen molar-refractivity contribution in [2.45, 2.75) is 0 Å². The number of benzene rings is 2. The van der Waals surface area contributed by atoms with Crippen LogP contribution in [0.15, 0.2) is 60.9 Å². The first kappa shape index (κ1) is 17.2. The number of rotatable bonds is 6. The van der Waals surface area contributed by atoms with E-state index in [9.17, 15) is 4.79 Å². The van der Waals surface area contributed by atoms with Gasteiger partial charge in [-0.15, -0.1) is 0 Å². The molecule has 0 aliphatic carbocycles. The molecular weight excluding hydrogens is 332 g/mol. The van der Waals surface area contributed by atoms with E-state index >= 15 is 0 Å². The first-order valence-electron chi connectivity index (χ1n) is 7.86. The molecule has 0 unspecified atom stereocenters. The third-order valence-corrected chi connectivity index (χ3v) is 3.57. The number of methoxy groups -OCH3 is 2. The van der Waals surface area contributed by atoms with Gasteiger partial charge >= 0.3 is 0 Å². The van der Waals surface area contributed by atoms with Crippen LogP contribution in [-0.2, 0) is 0 Å². The van der Waals surface area contributed by atoms with Crippen molar-refractivity contribution in [3.63, 3.8) is 0 Å². The Kier molecular flexibility index (Phi) is 5.28. The zero-order chi connectivity index (χ0) is 18.4. The maximum absolute atomic E-state index is 12.3. The molecule has 0 aliphatic rings. The van der Waals surface area contributed by atoms with E-state index < -0.39 is 0 Å². The van der Waals surface area contributed by atoms with Crippen molar-refractivity contribution in [1.82, 2.24) is 9.97 Å². The van der Waals surface area contributed by atoms with Crippen molar-refractivity contribution in [2.75, 3.05) is 24.9 Å². The summed E-state index contributed by atoms with van der Waals surface area (Å²) < 4.78 is 10.3. The van der Waals surface area contributed by atoms with Gasteiger partial charge in [-0.3, -0.25) is 4.79 Å². The van der Waals surface area contributed by atoms with E-state index in [1.807, 2.05) is 24.3 Å². The molecule has 0 radical (unpaired) electrons. The minimum atomic E-state index is -0.300. The van der Waals surface area contributed by atoms with Crippen LogP contribution in [-0.4, -0.2) is 30.1 Å². The number of anilines is 3. The molecule has 0 bridgehead atoms. The summed E-state index contributed by atoms with van der Waals surface area (Å²) in [7, 11) is 3.17. The van der Waals surface area contributed by atoms with E-state index in [2.05, 4.69) is 20.6 Å². The van der Waals surface area contributed by atoms with Crippen LogP contribution in [0.1, 0.15) is 10.4 Å². The number of carbonyl (C=O) groups excluding carboxylic acids is 1. The quantitative estimate of drug-likeness (QED) is 0.708. The number of hydrogen-bond donors (Lipinski definition) is 2. The molecule has 0 fully saturated rings. The maximum atomic E-state index is 12.3. The SMILES string of the molecule is COc1cccc(NC(=O)c2cnc(Nc3cccc(OC)c3)nc2)c1. The first-order valence-corrected chi connectivity index (χ1v) is 7.86. The summed E-state index contributed by atoms with van der Waals surface area (Å²) in [6.45, 7) is 0. The standard InChI is InChI=1S/C19H18N4O3/c1-25-16-7-3-5-14(9-16)22-18(24)13-11-20-19(21-12-13)23-15-6-4-8-17(10-15)26-2/h3-12H,1-2H3,(H,22,24)(H,20,21,23). The molecule has 7 nitrogen and oxygen atoms in total. The third-order valence-electron chi connectivity index (χ3n) is 3.57. The Bertz CT molecular complexity index is 897. The third kappa shape index (κ3) is 4.27. The fourth-order valence-corrected chi connectivity index (χ4v) is 2.24. The monoisotopic (exact) mass is 350 g/mol. The van der Waals surface area contributed by atoms with Crippen molar-refractivity contribution in [2.24, 2.45) is 0 Å². The molecule has 1 heterocycles. The fourth-order valence-electron chi connectivity index (χ4n) is 2.24. The van der Waals surface area contributed by atoms with Gasteiger partial charge in [0.15, 0.2) is 0 Å². The summed E-state index contributed by atoms with van der Waals surface area (Å²) in [5.41, 5.74) is 1.77. The topological polar surface area (TPSA) is 85.4 Å². The van der Waals surface area contributed by atoms with Crippen molar-refractivity contribution >= 4 is 23.2 Å². The summed E-state index contributed by atoms with van der Waals surface area (Å²) in [5, 5.41) is 5.84. The van der Waals surface area contributed by atoms with E-state index in [-0.39, 0.29) is 5.91 Å². The Balaban J connectivity index is 1.67. The molecule has 1 aromatic heterocycles. The Morgan fingerprint density at radius 3 is 2.08 bits per heavy atom. The lowest BCUT2D eigenvalue weighted by Gasteiger charge is -2.08. The lowest BCUT2D eigenvalue weighted by Crippen LogP contribution is -2.13. The Hall–Kier alpha value is -3.61. The van der Waals surface area contributed by atoms with Crippen LogP contribution in [0.3, 0.4) is 0 Å². The fraction of sp³-hybridized carbons (Fsp3) is 0.105. The Morgan fingerprint density at radius 2 is 1.46 bits per heavy atom. The summed E-state index contributed by atoms with van der Waals surface area (Å²) >= 11 is 0. The van der Waals surface area contributed by atoms with E-state index in [1.165, 1.54) is 12.4 Å². The van der Waals surface area contributed by atoms with Gasteiger partial charge < -0.3 is 20.1 Å². The van der Waals surface area contributed by atoms with Gasteiger partial charge in [-0.25, -0.2) is 9.97 Å². The number of hydrogen-bond acceptors (Lipinski definition) is 6. The molecule has 3 aromatic rings. The summed E-state index contributed by atoms with van der Waals surface area (Å²) in [4.78, 5) is 20.7. The smallest absolute Gasteiger partial charge is 0.258 e. The predicted octanol–water partition coefficient (Wildman–Crippen LogP) is 3.49. The molecular formula is C19H18N4O3. The van der Waals surface area contributed by atoms with Crippen molar-refractivity contribution in [3.05, 3.63) is 66.5 Å². The van der Waals surface area contributed by atoms with Gasteiger partial charge in [0.1, 0.15) is 11.5 Å². The van der Waals surface area contributed by atoms with Gasteiger partial charge in [0, 0.05) is 35.9 Å². The van der Waals surface area contributed by atoms with Crippen molar-refractivity contribution in [1.29, 1.82) is 0 Å². The van der Waals surface area contributed by atoms with E-state index in [1.54, 1.807) is 38.5 Å². The molecule has 0 aliphatic heterocycles. The molecule has 7 heteroatoms. The van der Waals surface area contributed by atoms with Crippen LogP contribution < -0.4 is 20.1 Å². The summed E-state index contributed by atoms with van der Waals surface area (Å²) in [6, 6.07) is 14.5. The highest BCUT2D eigenvalue weighted by Gasteiger charge is 2.08. The lowest BCUT2D eigenvalue weighted by atomic mass is 10.2. The van der Waals surface area contributed by atoms with Gasteiger partial charge in [-0.1, -0.05) is 12.1 Å². The average molecular weight is 350 g/mol. The summed E-state index contributed by atoms with van der Waals surface area (Å²) in [6.07, 6.45) is 2.93. The van der Waals surface area contributed by atoms with Crippen molar-refractivity contribution < 1.29 is 14.3 Å². The molecule has 0 saturated heterocycles. The van der Waals surface area contributed by atoms with Gasteiger partial charge in [0.05, 0.1) is 19.8 Å². The molecule has 132 valence electrons. The number of carbonyl (C=O) groups is 1. The number of amides is 1. The lowest BCUT2D eigenvalue weighted by molar-refractivity contribution is 0.102. The number of aromatic nitrogens is 2. The second kappa shape index (κ2) is 7.98. The van der Waals surface area contributed by atoms with Gasteiger partial charge in [0.25, 0.3) is 5.91 Å². The number of ether oxygens (including phenoxy) is 2. The molecule has 1 amide bonds. The van der Waals surface area contributed by atoms with Crippen LogP contribution in [0, 0.1) is 0 Å². The minimum absolute atomic E-state index is 0.300. The van der Waals surface area contributed by atoms with Gasteiger partial charge in [0.2, 0.25) is 5.95 Å². The molecule has 0 spiro atoms. The van der Waals surface area contributed by atoms with E-state index in [0.29, 0.717) is 22.9 Å². The molecule has 2 N–H and O–H groups in total. The molecule has 0 saturated carbocycles. The molecule has 0 atom stereocenters. The highest BCUT2D eigenvalue weighted by atomic mass is 16.5. The van der Waals surface area contributed by atoms with E-state index in [0.717, 1.165) is 11.4 Å². The summed E-state index contributed by atoms with van der Waals surface area (Å²) in [5.74, 6) is 1.48. The Labute approximate surface area is 151 Å². The number of nitrogens with zero attached hydrogens (tertiary/aromatic N) is 2. The minimum Gasteiger partial charge on any atom is -0.497 e. The maximum Gasteiger partial charge on any atom is 0.258 e. The molecule has 26 heavy (non-hydrogen) atoms. The largest absolute Gasteiger partial charge is 0.497 e. The highest BCUT2D eigenvalue weighted by Crippen LogP contribution is 2.20. The normalized spacial score (nSPS) is 10.1. The van der Waals surface area contributed by atoms with Crippen LogP contribution in [0.4, 0.5) is 17.3 Å². The average Bonchev–Trinajstić information content (AvgIpc) is 2.69. The Morgan fingerprint density at radius 1 is 0.885 bits per heavy atom. The van der Waals surface area contributed by atoms with Crippen LogP contribution in [0.2, 0.25) is 0 Å². The number of nitrogens with one attached hydrogen (secondary N) is 2. The van der Waals surface area contributed by atoms with Crippen LogP contribution in [0.5, 0.6) is 11.5 Å². The predicted molar refractivity (Wildman–Crippen MR) is 99.3 cm³/mol. The van der Waals surface area contributed by atoms with Crippen LogP contribution >= 0.6 is 0 Å². The second-order valence-electron chi connectivity index (χ2n) is 5.34. The highest BCUT2D eigenvalue weighted by molar-refractivity contribution is 6.04. The van der Waals surface area contributed by atoms with E-state index in [4.69, 9.17) is 9.47 Å². The van der Waals surface area contributed by atoms with Gasteiger partial charge in [-0.2, -0.15) is 0 Å². The zero-order valence-electron chi connectivity index (χ0n) is 14.4. The van der Waals surface area contributed by atoms with Crippen LogP contribution in [0.25, 0.3) is 0 Å². The second-order valence-corrected chi connectivity index (χ2v) is 5.34. The zero-order valence-corrected chi connectivity index (χ0v) is 14.4. The molecule has 2 aromatic carbocycles. The van der Waals surface area contributed by atoms with Gasteiger partial charge in [-0.05, 0) is 24.3 Å².